The highest BCUT2D eigenvalue weighted by Gasteiger charge is 2.20. The fourth-order valence-electron chi connectivity index (χ4n) is 2.35. The average molecular weight is 368 g/mol. The van der Waals surface area contributed by atoms with Gasteiger partial charge in [-0.25, -0.2) is 4.79 Å². The van der Waals surface area contributed by atoms with E-state index in [0.717, 1.165) is 5.56 Å². The molecule has 2 aromatic rings. The van der Waals surface area contributed by atoms with Gasteiger partial charge in [-0.3, -0.25) is 9.59 Å². The first-order valence-corrected chi connectivity index (χ1v) is 8.60. The highest BCUT2D eigenvalue weighted by Crippen LogP contribution is 2.22. The quantitative estimate of drug-likeness (QED) is 0.791. The maximum absolute atomic E-state index is 12.2. The van der Waals surface area contributed by atoms with Crippen LogP contribution in [0.1, 0.15) is 54.0 Å². The zero-order chi connectivity index (χ0) is 20.2. The van der Waals surface area contributed by atoms with Crippen LogP contribution in [0.2, 0.25) is 0 Å². The molecular weight excluding hydrogens is 344 g/mol. The van der Waals surface area contributed by atoms with Crippen molar-refractivity contribution in [3.63, 3.8) is 0 Å². The zero-order valence-electron chi connectivity index (χ0n) is 15.9. The van der Waals surface area contributed by atoms with E-state index in [2.05, 4.69) is 26.1 Å². The lowest BCUT2D eigenvalue weighted by Gasteiger charge is -2.19. The first-order chi connectivity index (χ1) is 12.6. The summed E-state index contributed by atoms with van der Waals surface area (Å²) in [6.07, 6.45) is -0.976. The highest BCUT2D eigenvalue weighted by molar-refractivity contribution is 5.98. The molecule has 0 radical (unpaired) electrons. The number of ether oxygens (including phenoxy) is 1. The van der Waals surface area contributed by atoms with Crippen LogP contribution in [0.4, 0.5) is 5.69 Å². The SMILES string of the molecule is C[C@H](OC(=O)c1ccc(C(C)(C)C)cc1)C(=O)Nc1ccc(C(N)=O)cc1. The van der Waals surface area contributed by atoms with Gasteiger partial charge in [-0.05, 0) is 54.3 Å². The molecule has 0 aromatic heterocycles. The molecule has 1 atom stereocenters. The summed E-state index contributed by atoms with van der Waals surface area (Å²) in [6.45, 7) is 7.75. The van der Waals surface area contributed by atoms with Crippen LogP contribution < -0.4 is 11.1 Å². The Kier molecular flexibility index (Phi) is 6.00. The van der Waals surface area contributed by atoms with E-state index >= 15 is 0 Å². The van der Waals surface area contributed by atoms with Crippen molar-refractivity contribution in [1.29, 1.82) is 0 Å². The van der Waals surface area contributed by atoms with Crippen LogP contribution in [-0.4, -0.2) is 23.9 Å². The second-order valence-electron chi connectivity index (χ2n) is 7.31. The Morgan fingerprint density at radius 3 is 1.93 bits per heavy atom. The van der Waals surface area contributed by atoms with Crippen LogP contribution in [0.15, 0.2) is 48.5 Å². The lowest BCUT2D eigenvalue weighted by atomic mass is 9.87. The van der Waals surface area contributed by atoms with Crippen molar-refractivity contribution in [2.24, 2.45) is 5.73 Å². The predicted molar refractivity (Wildman–Crippen MR) is 104 cm³/mol. The highest BCUT2D eigenvalue weighted by atomic mass is 16.5. The van der Waals surface area contributed by atoms with Gasteiger partial charge in [0.1, 0.15) is 0 Å². The summed E-state index contributed by atoms with van der Waals surface area (Å²) in [5.41, 5.74) is 7.46. The summed E-state index contributed by atoms with van der Waals surface area (Å²) >= 11 is 0. The van der Waals surface area contributed by atoms with E-state index in [1.54, 1.807) is 24.3 Å². The van der Waals surface area contributed by atoms with Gasteiger partial charge < -0.3 is 15.8 Å². The molecule has 0 bridgehead atoms. The van der Waals surface area contributed by atoms with Gasteiger partial charge in [-0.15, -0.1) is 0 Å². The van der Waals surface area contributed by atoms with Gasteiger partial charge in [0.05, 0.1) is 5.56 Å². The number of hydrogen-bond acceptors (Lipinski definition) is 4. The first kappa shape index (κ1) is 20.2. The molecule has 6 heteroatoms. The van der Waals surface area contributed by atoms with E-state index in [0.29, 0.717) is 16.8 Å². The number of hydrogen-bond donors (Lipinski definition) is 2. The van der Waals surface area contributed by atoms with Crippen molar-refractivity contribution >= 4 is 23.5 Å². The molecule has 27 heavy (non-hydrogen) atoms. The molecule has 2 amide bonds. The number of amides is 2. The number of carbonyl (C=O) groups excluding carboxylic acids is 3. The van der Waals surface area contributed by atoms with Crippen LogP contribution in [-0.2, 0) is 14.9 Å². The molecule has 0 aliphatic heterocycles. The third kappa shape index (κ3) is 5.41. The van der Waals surface area contributed by atoms with E-state index in [1.807, 2.05) is 12.1 Å². The second kappa shape index (κ2) is 8.03. The number of benzene rings is 2. The maximum Gasteiger partial charge on any atom is 0.338 e. The molecule has 0 aliphatic rings. The molecule has 0 saturated heterocycles. The number of nitrogens with two attached hydrogens (primary N) is 1. The smallest absolute Gasteiger partial charge is 0.338 e. The van der Waals surface area contributed by atoms with Crippen LogP contribution in [0.25, 0.3) is 0 Å². The Labute approximate surface area is 158 Å². The summed E-state index contributed by atoms with van der Waals surface area (Å²) in [4.78, 5) is 35.5. The standard InChI is InChI=1S/C21H24N2O4/c1-13(19(25)23-17-11-7-14(8-12-17)18(22)24)27-20(26)15-5-9-16(10-6-15)21(2,3)4/h5-13H,1-4H3,(H2,22,24)(H,23,25)/t13-/m0/s1. The molecule has 2 rings (SSSR count). The van der Waals surface area contributed by atoms with E-state index in [-0.39, 0.29) is 5.41 Å². The van der Waals surface area contributed by atoms with Crippen molar-refractivity contribution in [2.75, 3.05) is 5.32 Å². The number of esters is 1. The van der Waals surface area contributed by atoms with E-state index < -0.39 is 23.9 Å². The summed E-state index contributed by atoms with van der Waals surface area (Å²) in [5.74, 6) is -1.59. The first-order valence-electron chi connectivity index (χ1n) is 8.60. The van der Waals surface area contributed by atoms with Crippen LogP contribution in [0, 0.1) is 0 Å². The molecule has 142 valence electrons. The van der Waals surface area contributed by atoms with Crippen molar-refractivity contribution in [3.05, 3.63) is 65.2 Å². The molecule has 3 N–H and O–H groups in total. The maximum atomic E-state index is 12.2. The van der Waals surface area contributed by atoms with Gasteiger partial charge >= 0.3 is 5.97 Å². The topological polar surface area (TPSA) is 98.5 Å². The monoisotopic (exact) mass is 368 g/mol. The predicted octanol–water partition coefficient (Wildman–Crippen LogP) is 3.27. The Bertz CT molecular complexity index is 834. The fourth-order valence-corrected chi connectivity index (χ4v) is 2.35. The minimum atomic E-state index is -0.976. The Morgan fingerprint density at radius 2 is 1.44 bits per heavy atom. The number of nitrogens with one attached hydrogen (secondary N) is 1. The number of anilines is 1. The Morgan fingerprint density at radius 1 is 0.926 bits per heavy atom. The molecule has 0 heterocycles. The molecule has 0 fully saturated rings. The summed E-state index contributed by atoms with van der Waals surface area (Å²) in [7, 11) is 0. The number of rotatable bonds is 5. The van der Waals surface area contributed by atoms with Gasteiger partial charge in [-0.1, -0.05) is 32.9 Å². The molecule has 2 aromatic carbocycles. The second-order valence-corrected chi connectivity index (χ2v) is 7.31. The van der Waals surface area contributed by atoms with Crippen LogP contribution in [0.3, 0.4) is 0 Å². The van der Waals surface area contributed by atoms with Gasteiger partial charge in [0.15, 0.2) is 6.10 Å². The van der Waals surface area contributed by atoms with Crippen molar-refractivity contribution in [2.45, 2.75) is 39.2 Å². The van der Waals surface area contributed by atoms with Crippen molar-refractivity contribution in [1.82, 2.24) is 0 Å². The van der Waals surface area contributed by atoms with Gasteiger partial charge in [0, 0.05) is 11.3 Å². The van der Waals surface area contributed by atoms with E-state index in [4.69, 9.17) is 10.5 Å². The lowest BCUT2D eigenvalue weighted by molar-refractivity contribution is -0.123. The average Bonchev–Trinajstić information content (AvgIpc) is 2.61. The zero-order valence-corrected chi connectivity index (χ0v) is 15.9. The lowest BCUT2D eigenvalue weighted by Crippen LogP contribution is -2.30. The summed E-state index contributed by atoms with van der Waals surface area (Å²) in [5, 5.41) is 2.63. The Hall–Kier alpha value is -3.15. The molecular formula is C21H24N2O4. The van der Waals surface area contributed by atoms with E-state index in [1.165, 1.54) is 19.1 Å². The van der Waals surface area contributed by atoms with Gasteiger partial charge in [-0.2, -0.15) is 0 Å². The van der Waals surface area contributed by atoms with Crippen molar-refractivity contribution in [3.8, 4) is 0 Å². The number of primary amides is 1. The van der Waals surface area contributed by atoms with Gasteiger partial charge in [0.2, 0.25) is 5.91 Å². The third-order valence-electron chi connectivity index (χ3n) is 4.08. The van der Waals surface area contributed by atoms with E-state index in [9.17, 15) is 14.4 Å². The molecule has 0 aliphatic carbocycles. The van der Waals surface area contributed by atoms with Crippen LogP contribution in [0.5, 0.6) is 0 Å². The molecule has 0 unspecified atom stereocenters. The minimum absolute atomic E-state index is 0.0142. The number of carbonyl (C=O) groups is 3. The van der Waals surface area contributed by atoms with Crippen LogP contribution >= 0.6 is 0 Å². The van der Waals surface area contributed by atoms with Gasteiger partial charge in [0.25, 0.3) is 5.91 Å². The summed E-state index contributed by atoms with van der Waals surface area (Å²) in [6, 6.07) is 13.3. The minimum Gasteiger partial charge on any atom is -0.449 e. The van der Waals surface area contributed by atoms with Crippen molar-refractivity contribution < 1.29 is 19.1 Å². The molecule has 0 spiro atoms. The normalized spacial score (nSPS) is 12.1. The largest absolute Gasteiger partial charge is 0.449 e. The molecule has 6 nitrogen and oxygen atoms in total. The summed E-state index contributed by atoms with van der Waals surface area (Å²) < 4.78 is 5.23. The third-order valence-corrected chi connectivity index (χ3v) is 4.08. The molecule has 0 saturated carbocycles. The Balaban J connectivity index is 1.97. The fraction of sp³-hybridized carbons (Fsp3) is 0.286.